The highest BCUT2D eigenvalue weighted by atomic mass is 16.5. The zero-order valence-electron chi connectivity index (χ0n) is 9.99. The second-order valence-electron chi connectivity index (χ2n) is 4.68. The van der Waals surface area contributed by atoms with E-state index in [4.69, 9.17) is 10.5 Å². The van der Waals surface area contributed by atoms with Gasteiger partial charge in [-0.05, 0) is 31.4 Å². The molecule has 1 atom stereocenters. The van der Waals surface area contributed by atoms with Gasteiger partial charge in [0.1, 0.15) is 5.75 Å². The van der Waals surface area contributed by atoms with Gasteiger partial charge in [-0.15, -0.1) is 0 Å². The van der Waals surface area contributed by atoms with Crippen LogP contribution in [0.4, 0.5) is 11.4 Å². The number of hydrogen-bond donors (Lipinski definition) is 2. The Hall–Kier alpha value is -1.38. The van der Waals surface area contributed by atoms with E-state index >= 15 is 0 Å². The van der Waals surface area contributed by atoms with Crippen molar-refractivity contribution in [3.05, 3.63) is 18.2 Å². The first-order valence-corrected chi connectivity index (χ1v) is 5.89. The molecule has 3 heteroatoms. The predicted molar refractivity (Wildman–Crippen MR) is 67.8 cm³/mol. The molecule has 1 aromatic carbocycles. The second-order valence-corrected chi connectivity index (χ2v) is 4.68. The quantitative estimate of drug-likeness (QED) is 0.750. The molecule has 0 saturated heterocycles. The molecule has 1 saturated carbocycles. The van der Waals surface area contributed by atoms with Gasteiger partial charge in [0.15, 0.2) is 0 Å². The van der Waals surface area contributed by atoms with Crippen LogP contribution < -0.4 is 15.8 Å². The minimum Gasteiger partial charge on any atom is -0.495 e. The highest BCUT2D eigenvalue weighted by Crippen LogP contribution is 2.34. The number of hydrogen-bond acceptors (Lipinski definition) is 3. The van der Waals surface area contributed by atoms with Gasteiger partial charge >= 0.3 is 0 Å². The van der Waals surface area contributed by atoms with Crippen LogP contribution in [0, 0.1) is 5.92 Å². The van der Waals surface area contributed by atoms with Gasteiger partial charge in [0.05, 0.1) is 12.8 Å². The van der Waals surface area contributed by atoms with Crippen LogP contribution in [0.15, 0.2) is 18.2 Å². The number of benzene rings is 1. The summed E-state index contributed by atoms with van der Waals surface area (Å²) >= 11 is 0. The van der Waals surface area contributed by atoms with Crippen molar-refractivity contribution >= 4 is 11.4 Å². The van der Waals surface area contributed by atoms with Crippen LogP contribution in [0.25, 0.3) is 0 Å². The van der Waals surface area contributed by atoms with Crippen molar-refractivity contribution in [1.82, 2.24) is 0 Å². The molecule has 2 rings (SSSR count). The molecule has 16 heavy (non-hydrogen) atoms. The van der Waals surface area contributed by atoms with E-state index in [-0.39, 0.29) is 0 Å². The molecule has 0 bridgehead atoms. The molecular weight excluding hydrogens is 200 g/mol. The fraction of sp³-hybridized carbons (Fsp3) is 0.538. The number of anilines is 2. The van der Waals surface area contributed by atoms with Gasteiger partial charge in [0, 0.05) is 17.8 Å². The summed E-state index contributed by atoms with van der Waals surface area (Å²) in [5, 5.41) is 3.48. The molecule has 3 N–H and O–H groups in total. The monoisotopic (exact) mass is 220 g/mol. The zero-order chi connectivity index (χ0) is 11.5. The lowest BCUT2D eigenvalue weighted by Gasteiger charge is -2.16. The average Bonchev–Trinajstić information content (AvgIpc) is 3.04. The fourth-order valence-electron chi connectivity index (χ4n) is 2.00. The summed E-state index contributed by atoms with van der Waals surface area (Å²) in [6, 6.07) is 6.35. The lowest BCUT2D eigenvalue weighted by Crippen LogP contribution is -2.15. The molecule has 88 valence electrons. The maximum atomic E-state index is 5.77. The van der Waals surface area contributed by atoms with Crippen molar-refractivity contribution in [3.63, 3.8) is 0 Å². The maximum absolute atomic E-state index is 5.77. The number of ether oxygens (including phenoxy) is 1. The van der Waals surface area contributed by atoms with E-state index in [1.807, 2.05) is 18.2 Å². The summed E-state index contributed by atoms with van der Waals surface area (Å²) in [7, 11) is 1.64. The number of nitrogens with two attached hydrogens (primary N) is 1. The van der Waals surface area contributed by atoms with Gasteiger partial charge < -0.3 is 15.8 Å². The highest BCUT2D eigenvalue weighted by Gasteiger charge is 2.23. The Bertz CT molecular complexity index is 361. The first kappa shape index (κ1) is 11.1. The van der Waals surface area contributed by atoms with Gasteiger partial charge in [-0.1, -0.05) is 12.8 Å². The summed E-state index contributed by atoms with van der Waals surface area (Å²) < 4.78 is 5.20. The smallest absolute Gasteiger partial charge is 0.143 e. The van der Waals surface area contributed by atoms with E-state index < -0.39 is 0 Å². The molecule has 0 amide bonds. The van der Waals surface area contributed by atoms with E-state index in [0.717, 1.165) is 17.4 Å². The summed E-state index contributed by atoms with van der Waals surface area (Å²) in [6.07, 6.45) is 4.06. The average molecular weight is 220 g/mol. The zero-order valence-corrected chi connectivity index (χ0v) is 9.99. The molecular formula is C13H20N2O. The number of methoxy groups -OCH3 is 1. The maximum Gasteiger partial charge on any atom is 0.143 e. The van der Waals surface area contributed by atoms with E-state index in [1.54, 1.807) is 7.11 Å². The van der Waals surface area contributed by atoms with E-state index in [9.17, 15) is 0 Å². The van der Waals surface area contributed by atoms with Gasteiger partial charge in [0.25, 0.3) is 0 Å². The largest absolute Gasteiger partial charge is 0.495 e. The summed E-state index contributed by atoms with van der Waals surface area (Å²) in [4.78, 5) is 0. The molecule has 0 radical (unpaired) electrons. The van der Waals surface area contributed by atoms with Crippen LogP contribution in [-0.2, 0) is 0 Å². The van der Waals surface area contributed by atoms with Crippen molar-refractivity contribution in [1.29, 1.82) is 0 Å². The summed E-state index contributed by atoms with van der Waals surface area (Å²) in [5.74, 6) is 1.68. The van der Waals surface area contributed by atoms with Crippen molar-refractivity contribution in [3.8, 4) is 5.75 Å². The van der Waals surface area contributed by atoms with Crippen LogP contribution in [0.2, 0.25) is 0 Å². The third kappa shape index (κ3) is 2.81. The van der Waals surface area contributed by atoms with Crippen molar-refractivity contribution in [2.45, 2.75) is 32.2 Å². The van der Waals surface area contributed by atoms with E-state index in [0.29, 0.717) is 11.7 Å². The fourth-order valence-corrected chi connectivity index (χ4v) is 2.00. The second kappa shape index (κ2) is 4.64. The Labute approximate surface area is 97.0 Å². The summed E-state index contributed by atoms with van der Waals surface area (Å²) in [5.41, 5.74) is 7.53. The molecule has 0 aliphatic heterocycles. The molecule has 1 aliphatic rings. The molecule has 0 aromatic heterocycles. The Kier molecular flexibility index (Phi) is 3.22. The van der Waals surface area contributed by atoms with E-state index in [2.05, 4.69) is 12.2 Å². The lowest BCUT2D eigenvalue weighted by molar-refractivity contribution is 0.417. The van der Waals surface area contributed by atoms with Crippen LogP contribution in [-0.4, -0.2) is 13.2 Å². The molecule has 3 nitrogen and oxygen atoms in total. The van der Waals surface area contributed by atoms with Crippen LogP contribution >= 0.6 is 0 Å². The highest BCUT2D eigenvalue weighted by molar-refractivity contribution is 5.61. The topological polar surface area (TPSA) is 47.3 Å². The molecule has 1 aliphatic carbocycles. The molecule has 0 spiro atoms. The van der Waals surface area contributed by atoms with E-state index in [1.165, 1.54) is 19.3 Å². The SMILES string of the molecule is COc1cc(NC(C)CC2CC2)ccc1N. The Morgan fingerprint density at radius 3 is 2.88 bits per heavy atom. The lowest BCUT2D eigenvalue weighted by atomic mass is 10.1. The van der Waals surface area contributed by atoms with Crippen molar-refractivity contribution < 1.29 is 4.74 Å². The molecule has 0 heterocycles. The van der Waals surface area contributed by atoms with Gasteiger partial charge in [0.2, 0.25) is 0 Å². The number of rotatable bonds is 5. The van der Waals surface area contributed by atoms with Crippen LogP contribution in [0.1, 0.15) is 26.2 Å². The number of nitrogen functional groups attached to an aromatic ring is 1. The van der Waals surface area contributed by atoms with Gasteiger partial charge in [-0.25, -0.2) is 0 Å². The normalized spacial score (nSPS) is 16.9. The molecule has 1 unspecified atom stereocenters. The predicted octanol–water partition coefficient (Wildman–Crippen LogP) is 2.88. The Morgan fingerprint density at radius 1 is 1.50 bits per heavy atom. The van der Waals surface area contributed by atoms with Gasteiger partial charge in [-0.2, -0.15) is 0 Å². The first-order valence-electron chi connectivity index (χ1n) is 5.89. The number of nitrogens with one attached hydrogen (secondary N) is 1. The molecule has 1 fully saturated rings. The first-order chi connectivity index (χ1) is 7.69. The van der Waals surface area contributed by atoms with Crippen molar-refractivity contribution in [2.24, 2.45) is 5.92 Å². The third-order valence-corrected chi connectivity index (χ3v) is 3.03. The van der Waals surface area contributed by atoms with Crippen molar-refractivity contribution in [2.75, 3.05) is 18.2 Å². The minimum absolute atomic E-state index is 0.515. The molecule has 1 aromatic rings. The summed E-state index contributed by atoms with van der Waals surface area (Å²) in [6.45, 7) is 2.22. The van der Waals surface area contributed by atoms with Crippen LogP contribution in [0.5, 0.6) is 5.75 Å². The third-order valence-electron chi connectivity index (χ3n) is 3.03. The standard InChI is InChI=1S/C13H20N2O/c1-9(7-10-3-4-10)15-11-5-6-12(14)13(8-11)16-2/h5-6,8-10,15H,3-4,7,14H2,1-2H3. The Balaban J connectivity index is 1.97. The Morgan fingerprint density at radius 2 is 2.25 bits per heavy atom. The minimum atomic E-state index is 0.515. The van der Waals surface area contributed by atoms with Gasteiger partial charge in [-0.3, -0.25) is 0 Å². The van der Waals surface area contributed by atoms with Crippen LogP contribution in [0.3, 0.4) is 0 Å².